The summed E-state index contributed by atoms with van der Waals surface area (Å²) in [5.74, 6) is 5.55. The number of nitrogen functional groups attached to an aromatic ring is 1. The monoisotopic (exact) mass is 513 g/mol. The molecule has 10 heteroatoms. The van der Waals surface area contributed by atoms with Gasteiger partial charge in [-0.25, -0.2) is 9.07 Å². The normalized spacial score (nSPS) is 10.8. The van der Waals surface area contributed by atoms with E-state index in [9.17, 15) is 9.18 Å². The van der Waals surface area contributed by atoms with Crippen LogP contribution in [0.25, 0.3) is 11.4 Å². The fourth-order valence-corrected chi connectivity index (χ4v) is 4.60. The Morgan fingerprint density at radius 2 is 1.93 bits per heavy atom. The predicted molar refractivity (Wildman–Crippen MR) is 111 cm³/mol. The van der Waals surface area contributed by atoms with E-state index < -0.39 is 5.82 Å². The number of nitrogens with two attached hydrogens (primary N) is 1. The molecule has 0 bridgehead atoms. The highest BCUT2D eigenvalue weighted by molar-refractivity contribution is 9.11. The molecule has 27 heavy (non-hydrogen) atoms. The Hall–Kier alpha value is -1.91. The first kappa shape index (κ1) is 19.8. The lowest BCUT2D eigenvalue weighted by atomic mass is 10.2. The van der Waals surface area contributed by atoms with E-state index >= 15 is 0 Å². The van der Waals surface area contributed by atoms with Crippen molar-refractivity contribution < 1.29 is 9.18 Å². The number of amides is 1. The smallest absolute Gasteiger partial charge is 0.234 e. The van der Waals surface area contributed by atoms with Crippen molar-refractivity contribution in [2.45, 2.75) is 12.1 Å². The number of halogens is 3. The first-order valence-electron chi connectivity index (χ1n) is 7.70. The van der Waals surface area contributed by atoms with Gasteiger partial charge in [-0.3, -0.25) is 4.79 Å². The fourth-order valence-electron chi connectivity index (χ4n) is 2.33. The Morgan fingerprint density at radius 3 is 2.59 bits per heavy atom. The van der Waals surface area contributed by atoms with Crippen LogP contribution in [0.5, 0.6) is 0 Å². The molecule has 1 aromatic heterocycles. The van der Waals surface area contributed by atoms with E-state index in [4.69, 9.17) is 5.84 Å². The van der Waals surface area contributed by atoms with Gasteiger partial charge in [0.15, 0.2) is 5.82 Å². The number of nitrogens with one attached hydrogen (secondary N) is 1. The molecule has 0 radical (unpaired) electrons. The van der Waals surface area contributed by atoms with Gasteiger partial charge in [0.2, 0.25) is 11.1 Å². The van der Waals surface area contributed by atoms with Crippen molar-refractivity contribution in [3.8, 4) is 11.4 Å². The summed E-state index contributed by atoms with van der Waals surface area (Å²) >= 11 is 7.98. The molecule has 0 aliphatic rings. The maximum absolute atomic E-state index is 13.9. The van der Waals surface area contributed by atoms with Crippen LogP contribution in [0, 0.1) is 12.7 Å². The van der Waals surface area contributed by atoms with Gasteiger partial charge >= 0.3 is 0 Å². The second kappa shape index (κ2) is 8.41. The molecule has 140 valence electrons. The third-order valence-electron chi connectivity index (χ3n) is 3.56. The van der Waals surface area contributed by atoms with Gasteiger partial charge < -0.3 is 11.2 Å². The van der Waals surface area contributed by atoms with Crippen LogP contribution in [0.2, 0.25) is 0 Å². The summed E-state index contributed by atoms with van der Waals surface area (Å²) in [5.41, 5.74) is 1.95. The molecule has 0 aliphatic heterocycles. The quantitative estimate of drug-likeness (QED) is 0.390. The number of nitrogens with zero attached hydrogens (tertiary/aromatic N) is 3. The largest absolute Gasteiger partial charge is 0.335 e. The molecule has 3 N–H and O–H groups in total. The van der Waals surface area contributed by atoms with Gasteiger partial charge in [-0.1, -0.05) is 23.9 Å². The van der Waals surface area contributed by atoms with Crippen molar-refractivity contribution in [1.82, 2.24) is 14.9 Å². The van der Waals surface area contributed by atoms with E-state index in [1.54, 1.807) is 18.2 Å². The highest BCUT2D eigenvalue weighted by atomic mass is 79.9. The molecule has 0 aliphatic carbocycles. The van der Waals surface area contributed by atoms with E-state index in [2.05, 4.69) is 47.4 Å². The molecular formula is C17H14Br2FN5OS. The SMILES string of the molecule is Cc1cc(Br)c(NC(=O)CSc2nnc(-c3ccccc3F)n2N)c(Br)c1. The van der Waals surface area contributed by atoms with E-state index in [0.29, 0.717) is 10.8 Å². The van der Waals surface area contributed by atoms with Gasteiger partial charge in [0.25, 0.3) is 0 Å². The molecule has 0 unspecified atom stereocenters. The number of aryl methyl sites for hydroxylation is 1. The van der Waals surface area contributed by atoms with Crippen molar-refractivity contribution in [2.24, 2.45) is 0 Å². The number of carbonyl (C=O) groups is 1. The first-order valence-corrected chi connectivity index (χ1v) is 10.3. The standard InChI is InChI=1S/C17H14Br2FN5OS/c1-9-6-11(18)15(12(19)7-9)22-14(26)8-27-17-24-23-16(25(17)21)10-4-2-3-5-13(10)20/h2-7H,8,21H2,1H3,(H,22,26). The lowest BCUT2D eigenvalue weighted by Crippen LogP contribution is -2.17. The molecule has 0 saturated carbocycles. The summed E-state index contributed by atoms with van der Waals surface area (Å²) < 4.78 is 16.6. The van der Waals surface area contributed by atoms with Gasteiger partial charge in [0.05, 0.1) is 17.0 Å². The topological polar surface area (TPSA) is 85.8 Å². The molecule has 6 nitrogen and oxygen atoms in total. The molecule has 3 rings (SSSR count). The van der Waals surface area contributed by atoms with E-state index in [1.807, 2.05) is 19.1 Å². The minimum Gasteiger partial charge on any atom is -0.335 e. The van der Waals surface area contributed by atoms with E-state index in [0.717, 1.165) is 26.3 Å². The lowest BCUT2D eigenvalue weighted by Gasteiger charge is -2.10. The second-order valence-corrected chi connectivity index (χ2v) is 8.25. The summed E-state index contributed by atoms with van der Waals surface area (Å²) in [7, 11) is 0. The van der Waals surface area contributed by atoms with Crippen LogP contribution in [0.15, 0.2) is 50.5 Å². The Morgan fingerprint density at radius 1 is 1.26 bits per heavy atom. The summed E-state index contributed by atoms with van der Waals surface area (Å²) in [5, 5.41) is 11.0. The van der Waals surface area contributed by atoms with Crippen molar-refractivity contribution >= 4 is 55.2 Å². The van der Waals surface area contributed by atoms with E-state index in [-0.39, 0.29) is 23.0 Å². The zero-order chi connectivity index (χ0) is 19.6. The first-order chi connectivity index (χ1) is 12.9. The average molecular weight is 515 g/mol. The Labute approximate surface area is 176 Å². The van der Waals surface area contributed by atoms with Crippen LogP contribution >= 0.6 is 43.6 Å². The van der Waals surface area contributed by atoms with Crippen LogP contribution in [0.4, 0.5) is 10.1 Å². The third kappa shape index (κ3) is 4.50. The van der Waals surface area contributed by atoms with Crippen molar-refractivity contribution in [3.63, 3.8) is 0 Å². The van der Waals surface area contributed by atoms with Gasteiger partial charge in [-0.2, -0.15) is 0 Å². The Bertz CT molecular complexity index is 988. The van der Waals surface area contributed by atoms with Crippen molar-refractivity contribution in [1.29, 1.82) is 0 Å². The number of rotatable bonds is 5. The van der Waals surface area contributed by atoms with E-state index in [1.165, 1.54) is 10.7 Å². The van der Waals surface area contributed by atoms with Crippen LogP contribution in [0.1, 0.15) is 5.56 Å². The molecule has 0 atom stereocenters. The Kier molecular flexibility index (Phi) is 6.18. The third-order valence-corrected chi connectivity index (χ3v) is 5.76. The molecule has 1 heterocycles. The van der Waals surface area contributed by atoms with Crippen molar-refractivity contribution in [2.75, 3.05) is 16.9 Å². The fraction of sp³-hybridized carbons (Fsp3) is 0.118. The van der Waals surface area contributed by atoms with Crippen LogP contribution in [-0.4, -0.2) is 26.5 Å². The van der Waals surface area contributed by atoms with Crippen LogP contribution < -0.4 is 11.2 Å². The molecular weight excluding hydrogens is 501 g/mol. The molecule has 2 aromatic carbocycles. The van der Waals surface area contributed by atoms with Crippen LogP contribution in [-0.2, 0) is 4.79 Å². The van der Waals surface area contributed by atoms with Gasteiger partial charge in [-0.05, 0) is 68.6 Å². The average Bonchev–Trinajstić information content (AvgIpc) is 2.97. The number of benzene rings is 2. The number of carbonyl (C=O) groups excluding carboxylic acids is 1. The lowest BCUT2D eigenvalue weighted by molar-refractivity contribution is -0.113. The zero-order valence-electron chi connectivity index (χ0n) is 14.0. The highest BCUT2D eigenvalue weighted by Gasteiger charge is 2.17. The minimum absolute atomic E-state index is 0.0688. The Balaban J connectivity index is 1.69. The molecule has 0 spiro atoms. The summed E-state index contributed by atoms with van der Waals surface area (Å²) in [6.45, 7) is 1.96. The molecule has 0 fully saturated rings. The number of hydrogen-bond acceptors (Lipinski definition) is 5. The van der Waals surface area contributed by atoms with Crippen LogP contribution in [0.3, 0.4) is 0 Å². The molecule has 1 amide bonds. The van der Waals surface area contributed by atoms with Gasteiger partial charge in [0.1, 0.15) is 5.82 Å². The number of anilines is 1. The van der Waals surface area contributed by atoms with Gasteiger partial charge in [-0.15, -0.1) is 10.2 Å². The summed E-state index contributed by atoms with van der Waals surface area (Å²) in [6.07, 6.45) is 0. The summed E-state index contributed by atoms with van der Waals surface area (Å²) in [6, 6.07) is 9.97. The number of aromatic nitrogens is 3. The van der Waals surface area contributed by atoms with Gasteiger partial charge in [0, 0.05) is 8.95 Å². The van der Waals surface area contributed by atoms with Crippen molar-refractivity contribution in [3.05, 3.63) is 56.7 Å². The minimum atomic E-state index is -0.444. The summed E-state index contributed by atoms with van der Waals surface area (Å²) in [4.78, 5) is 12.3. The second-order valence-electron chi connectivity index (χ2n) is 5.60. The number of hydrogen-bond donors (Lipinski definition) is 2. The molecule has 3 aromatic rings. The molecule has 0 saturated heterocycles. The zero-order valence-corrected chi connectivity index (χ0v) is 18.0. The maximum Gasteiger partial charge on any atom is 0.234 e. The highest BCUT2D eigenvalue weighted by Crippen LogP contribution is 2.32. The predicted octanol–water partition coefficient (Wildman–Crippen LogP) is 4.36. The number of thioether (sulfide) groups is 1. The maximum atomic E-state index is 13.9.